The Kier molecular flexibility index (Phi) is 5.16. The van der Waals surface area contributed by atoms with Gasteiger partial charge in [0.05, 0.1) is 5.56 Å². The van der Waals surface area contributed by atoms with Gasteiger partial charge in [0.2, 0.25) is 11.4 Å². The number of carbonyl (C=O) groups excluding carboxylic acids is 1. The van der Waals surface area contributed by atoms with Crippen molar-refractivity contribution in [3.8, 4) is 0 Å². The van der Waals surface area contributed by atoms with Gasteiger partial charge in [-0.05, 0) is 24.1 Å². The Bertz CT molecular complexity index is 798. The maximum atomic E-state index is 12.7. The first-order valence-electron chi connectivity index (χ1n) is 8.62. The van der Waals surface area contributed by atoms with Crippen LogP contribution in [0.3, 0.4) is 0 Å². The van der Waals surface area contributed by atoms with Crippen LogP contribution in [0.1, 0.15) is 36.0 Å². The predicted octanol–water partition coefficient (Wildman–Crippen LogP) is 1.07. The molecule has 0 saturated carbocycles. The Balaban J connectivity index is 1.67. The molecule has 25 heavy (non-hydrogen) atoms. The predicted molar refractivity (Wildman–Crippen MR) is 92.7 cm³/mol. The van der Waals surface area contributed by atoms with E-state index in [-0.39, 0.29) is 11.5 Å². The molecular formula is C17H23N5O3. The summed E-state index contributed by atoms with van der Waals surface area (Å²) in [5, 5.41) is 4.05. The summed E-state index contributed by atoms with van der Waals surface area (Å²) < 4.78 is 6.67. The fourth-order valence-electron chi connectivity index (χ4n) is 2.91. The Labute approximate surface area is 146 Å². The van der Waals surface area contributed by atoms with Gasteiger partial charge in [-0.2, -0.15) is 4.98 Å². The zero-order chi connectivity index (χ0) is 17.8. The van der Waals surface area contributed by atoms with Gasteiger partial charge in [-0.1, -0.05) is 6.92 Å². The quantitative estimate of drug-likeness (QED) is 0.824. The molecule has 3 rings (SSSR count). The topological polar surface area (TPSA) is 84.5 Å². The lowest BCUT2D eigenvalue weighted by Gasteiger charge is -2.21. The first kappa shape index (κ1) is 17.2. The van der Waals surface area contributed by atoms with Crippen LogP contribution >= 0.6 is 0 Å². The second-order valence-corrected chi connectivity index (χ2v) is 6.24. The van der Waals surface area contributed by atoms with Crippen molar-refractivity contribution in [3.05, 3.63) is 40.1 Å². The Morgan fingerprint density at radius 1 is 1.24 bits per heavy atom. The summed E-state index contributed by atoms with van der Waals surface area (Å²) in [7, 11) is 1.65. The molecule has 0 unspecified atom stereocenters. The number of carbonyl (C=O) groups is 1. The van der Waals surface area contributed by atoms with E-state index in [1.54, 1.807) is 19.3 Å². The maximum Gasteiger partial charge on any atom is 0.266 e. The monoisotopic (exact) mass is 345 g/mol. The van der Waals surface area contributed by atoms with Gasteiger partial charge in [0.25, 0.3) is 11.9 Å². The lowest BCUT2D eigenvalue weighted by atomic mass is 10.2. The summed E-state index contributed by atoms with van der Waals surface area (Å²) in [4.78, 5) is 32.5. The van der Waals surface area contributed by atoms with Crippen LogP contribution in [0, 0.1) is 0 Å². The molecule has 1 fully saturated rings. The van der Waals surface area contributed by atoms with Gasteiger partial charge in [-0.3, -0.25) is 9.59 Å². The Morgan fingerprint density at radius 3 is 2.84 bits per heavy atom. The molecule has 1 aliphatic heterocycles. The minimum absolute atomic E-state index is 0.0581. The molecule has 1 amide bonds. The summed E-state index contributed by atoms with van der Waals surface area (Å²) >= 11 is 0. The number of nitrogens with zero attached hydrogens (tertiary/aromatic N) is 5. The van der Waals surface area contributed by atoms with Crippen molar-refractivity contribution in [1.29, 1.82) is 0 Å². The van der Waals surface area contributed by atoms with Crippen LogP contribution in [0.25, 0.3) is 0 Å². The number of amides is 1. The molecule has 0 aromatic carbocycles. The highest BCUT2D eigenvalue weighted by Gasteiger charge is 2.23. The number of hydrogen-bond acceptors (Lipinski definition) is 6. The molecule has 0 bridgehead atoms. The SMILES string of the molecule is CCCc1nc(N2CCCN(C(=O)c3ccc(=O)n(C)c3)CC2)no1. The molecule has 1 aliphatic rings. The Morgan fingerprint density at radius 2 is 2.08 bits per heavy atom. The van der Waals surface area contributed by atoms with Crippen LogP contribution < -0.4 is 10.5 Å². The molecular weight excluding hydrogens is 322 g/mol. The highest BCUT2D eigenvalue weighted by molar-refractivity contribution is 5.94. The van der Waals surface area contributed by atoms with Crippen molar-refractivity contribution in [2.75, 3.05) is 31.1 Å². The lowest BCUT2D eigenvalue weighted by molar-refractivity contribution is 0.0766. The molecule has 8 nitrogen and oxygen atoms in total. The van der Waals surface area contributed by atoms with Crippen LogP contribution in [-0.4, -0.2) is 51.7 Å². The van der Waals surface area contributed by atoms with Crippen molar-refractivity contribution in [2.45, 2.75) is 26.2 Å². The van der Waals surface area contributed by atoms with Crippen molar-refractivity contribution in [2.24, 2.45) is 7.05 Å². The number of hydrogen-bond donors (Lipinski definition) is 0. The van der Waals surface area contributed by atoms with Gasteiger partial charge in [-0.15, -0.1) is 0 Å². The van der Waals surface area contributed by atoms with Crippen molar-refractivity contribution in [3.63, 3.8) is 0 Å². The maximum absolute atomic E-state index is 12.7. The molecule has 0 spiro atoms. The zero-order valence-electron chi connectivity index (χ0n) is 14.6. The van der Waals surface area contributed by atoms with Crippen LogP contribution in [0.15, 0.2) is 27.6 Å². The number of aromatic nitrogens is 3. The van der Waals surface area contributed by atoms with E-state index in [9.17, 15) is 9.59 Å². The van der Waals surface area contributed by atoms with Gasteiger partial charge in [0.1, 0.15) is 0 Å². The normalized spacial score (nSPS) is 15.3. The van der Waals surface area contributed by atoms with Crippen molar-refractivity contribution < 1.29 is 9.32 Å². The van der Waals surface area contributed by atoms with Crippen LogP contribution in [0.5, 0.6) is 0 Å². The third kappa shape index (κ3) is 3.89. The highest BCUT2D eigenvalue weighted by atomic mass is 16.5. The molecule has 1 saturated heterocycles. The number of anilines is 1. The molecule has 134 valence electrons. The Hall–Kier alpha value is -2.64. The van der Waals surface area contributed by atoms with Gasteiger partial charge in [0, 0.05) is 51.9 Å². The smallest absolute Gasteiger partial charge is 0.266 e. The van der Waals surface area contributed by atoms with E-state index in [4.69, 9.17) is 4.52 Å². The summed E-state index contributed by atoms with van der Waals surface area (Å²) in [6.07, 6.45) is 4.15. The van der Waals surface area contributed by atoms with Gasteiger partial charge in [-0.25, -0.2) is 0 Å². The first-order chi connectivity index (χ1) is 12.1. The second kappa shape index (κ2) is 7.50. The van der Waals surface area contributed by atoms with E-state index in [0.29, 0.717) is 37.0 Å². The largest absolute Gasteiger partial charge is 0.337 e. The van der Waals surface area contributed by atoms with E-state index in [2.05, 4.69) is 22.0 Å². The fraction of sp³-hybridized carbons (Fsp3) is 0.529. The average molecular weight is 345 g/mol. The van der Waals surface area contributed by atoms with Crippen LogP contribution in [0.4, 0.5) is 5.95 Å². The molecule has 0 atom stereocenters. The minimum Gasteiger partial charge on any atom is -0.337 e. The lowest BCUT2D eigenvalue weighted by Crippen LogP contribution is -2.36. The number of aryl methyl sites for hydroxylation is 2. The molecule has 2 aromatic rings. The summed E-state index contributed by atoms with van der Waals surface area (Å²) in [6.45, 7) is 4.75. The fourth-order valence-corrected chi connectivity index (χ4v) is 2.91. The molecule has 0 aliphatic carbocycles. The third-order valence-corrected chi connectivity index (χ3v) is 4.32. The standard InChI is InChI=1S/C17H23N5O3/c1-3-5-14-18-17(19-25-14)22-9-4-8-21(10-11-22)16(24)13-6-7-15(23)20(2)12-13/h6-7,12H,3-5,8-11H2,1-2H3. The van der Waals surface area contributed by atoms with Crippen LogP contribution in [-0.2, 0) is 13.5 Å². The third-order valence-electron chi connectivity index (χ3n) is 4.32. The summed E-state index contributed by atoms with van der Waals surface area (Å²) in [5.74, 6) is 1.19. The first-order valence-corrected chi connectivity index (χ1v) is 8.62. The average Bonchev–Trinajstić information content (AvgIpc) is 2.92. The number of pyridine rings is 1. The van der Waals surface area contributed by atoms with Crippen LogP contribution in [0.2, 0.25) is 0 Å². The molecule has 0 N–H and O–H groups in total. The van der Waals surface area contributed by atoms with Gasteiger partial charge < -0.3 is 18.9 Å². The second-order valence-electron chi connectivity index (χ2n) is 6.24. The molecule has 0 radical (unpaired) electrons. The van der Waals surface area contributed by atoms with Gasteiger partial charge >= 0.3 is 0 Å². The molecule has 3 heterocycles. The van der Waals surface area contributed by atoms with E-state index in [1.165, 1.54) is 10.6 Å². The molecule has 2 aromatic heterocycles. The molecule has 8 heteroatoms. The minimum atomic E-state index is -0.126. The summed E-state index contributed by atoms with van der Waals surface area (Å²) in [5.41, 5.74) is 0.402. The van der Waals surface area contributed by atoms with E-state index in [1.807, 2.05) is 4.90 Å². The summed E-state index contributed by atoms with van der Waals surface area (Å²) in [6, 6.07) is 3.01. The highest BCUT2D eigenvalue weighted by Crippen LogP contribution is 2.15. The van der Waals surface area contributed by atoms with Crippen molar-refractivity contribution in [1.82, 2.24) is 19.6 Å². The van der Waals surface area contributed by atoms with E-state index in [0.717, 1.165) is 25.8 Å². The van der Waals surface area contributed by atoms with Gasteiger partial charge in [0.15, 0.2) is 0 Å². The van der Waals surface area contributed by atoms with Crippen molar-refractivity contribution >= 4 is 11.9 Å². The van der Waals surface area contributed by atoms with E-state index >= 15 is 0 Å². The zero-order valence-corrected chi connectivity index (χ0v) is 14.6. The number of rotatable bonds is 4. The van der Waals surface area contributed by atoms with E-state index < -0.39 is 0 Å².